The molecule has 2 N–H and O–H groups in total. The quantitative estimate of drug-likeness (QED) is 0.889. The molecule has 5 heteroatoms. The first-order valence-electron chi connectivity index (χ1n) is 5.89. The lowest BCUT2D eigenvalue weighted by atomic mass is 10.00. The van der Waals surface area contributed by atoms with Crippen molar-refractivity contribution in [2.75, 3.05) is 7.11 Å². The van der Waals surface area contributed by atoms with Crippen molar-refractivity contribution < 1.29 is 14.6 Å². The van der Waals surface area contributed by atoms with Crippen LogP contribution in [0.15, 0.2) is 12.1 Å². The van der Waals surface area contributed by atoms with Crippen LogP contribution in [0.1, 0.15) is 27.2 Å². The molecular weight excluding hydrogens is 244 g/mol. The van der Waals surface area contributed by atoms with Crippen LogP contribution in [-0.4, -0.2) is 28.4 Å². The van der Waals surface area contributed by atoms with Crippen LogP contribution < -0.4 is 4.74 Å². The number of methoxy groups -OCH3 is 1. The Morgan fingerprint density at radius 3 is 2.58 bits per heavy atom. The van der Waals surface area contributed by atoms with E-state index in [4.69, 9.17) is 4.74 Å². The lowest BCUT2D eigenvalue weighted by Gasteiger charge is -2.11. The van der Waals surface area contributed by atoms with Crippen molar-refractivity contribution in [1.82, 2.24) is 10.2 Å². The zero-order valence-corrected chi connectivity index (χ0v) is 11.4. The number of ether oxygens (including phenoxy) is 1. The van der Waals surface area contributed by atoms with Gasteiger partial charge in [0, 0.05) is 11.3 Å². The van der Waals surface area contributed by atoms with Gasteiger partial charge in [-0.3, -0.25) is 5.10 Å². The summed E-state index contributed by atoms with van der Waals surface area (Å²) in [5, 5.41) is 16.1. The van der Waals surface area contributed by atoms with Crippen molar-refractivity contribution in [3.63, 3.8) is 0 Å². The molecule has 0 amide bonds. The van der Waals surface area contributed by atoms with Crippen molar-refractivity contribution in [2.24, 2.45) is 0 Å². The number of aryl methyl sites for hydroxylation is 3. The number of nitrogens with one attached hydrogen (secondary N) is 1. The predicted molar refractivity (Wildman–Crippen MR) is 71.7 cm³/mol. The van der Waals surface area contributed by atoms with Gasteiger partial charge in [0.05, 0.1) is 7.11 Å². The second-order valence-electron chi connectivity index (χ2n) is 4.54. The van der Waals surface area contributed by atoms with Crippen molar-refractivity contribution in [2.45, 2.75) is 20.8 Å². The number of aromatic amines is 1. The van der Waals surface area contributed by atoms with Gasteiger partial charge < -0.3 is 9.84 Å². The number of carboxylic acids is 1. The first-order chi connectivity index (χ1) is 8.95. The Kier molecular flexibility index (Phi) is 3.29. The molecule has 0 radical (unpaired) electrons. The maximum absolute atomic E-state index is 11.3. The van der Waals surface area contributed by atoms with Crippen LogP contribution in [0.4, 0.5) is 0 Å². The van der Waals surface area contributed by atoms with Crippen LogP contribution >= 0.6 is 0 Å². The molecule has 5 nitrogen and oxygen atoms in total. The minimum atomic E-state index is -0.998. The van der Waals surface area contributed by atoms with Gasteiger partial charge in [-0.05, 0) is 38.0 Å². The number of hydrogen-bond donors (Lipinski definition) is 2. The van der Waals surface area contributed by atoms with Gasteiger partial charge in [0.1, 0.15) is 17.0 Å². The molecule has 2 rings (SSSR count). The van der Waals surface area contributed by atoms with Crippen molar-refractivity contribution in [1.29, 1.82) is 0 Å². The van der Waals surface area contributed by atoms with Crippen molar-refractivity contribution in [3.8, 4) is 17.0 Å². The fraction of sp³-hybridized carbons (Fsp3) is 0.286. The summed E-state index contributed by atoms with van der Waals surface area (Å²) in [6, 6.07) is 3.87. The topological polar surface area (TPSA) is 75.2 Å². The SMILES string of the molecule is COc1c(C)cc(C)cc1-c1n[nH]c(C)c1C(=O)O. The molecule has 0 unspecified atom stereocenters. The average Bonchev–Trinajstić information content (AvgIpc) is 2.70. The Labute approximate surface area is 111 Å². The molecule has 0 atom stereocenters. The first-order valence-corrected chi connectivity index (χ1v) is 5.89. The Bertz CT molecular complexity index is 644. The predicted octanol–water partition coefficient (Wildman–Crippen LogP) is 2.71. The zero-order chi connectivity index (χ0) is 14.2. The average molecular weight is 260 g/mol. The molecule has 0 spiro atoms. The Morgan fingerprint density at radius 1 is 1.32 bits per heavy atom. The summed E-state index contributed by atoms with van der Waals surface area (Å²) in [6.07, 6.45) is 0. The van der Waals surface area contributed by atoms with Crippen LogP contribution in [0, 0.1) is 20.8 Å². The van der Waals surface area contributed by atoms with E-state index in [-0.39, 0.29) is 5.56 Å². The number of hydrogen-bond acceptors (Lipinski definition) is 3. The number of nitrogens with zero attached hydrogens (tertiary/aromatic N) is 1. The third-order valence-electron chi connectivity index (χ3n) is 3.04. The summed E-state index contributed by atoms with van der Waals surface area (Å²) >= 11 is 0. The van der Waals surface area contributed by atoms with Gasteiger partial charge in [0.2, 0.25) is 0 Å². The fourth-order valence-corrected chi connectivity index (χ4v) is 2.29. The van der Waals surface area contributed by atoms with Gasteiger partial charge in [-0.2, -0.15) is 5.10 Å². The van der Waals surface area contributed by atoms with Gasteiger partial charge in [0.15, 0.2) is 0 Å². The zero-order valence-electron chi connectivity index (χ0n) is 11.4. The van der Waals surface area contributed by atoms with Crippen LogP contribution in [0.5, 0.6) is 5.75 Å². The summed E-state index contributed by atoms with van der Waals surface area (Å²) in [6.45, 7) is 5.57. The Hall–Kier alpha value is -2.30. The molecule has 19 heavy (non-hydrogen) atoms. The monoisotopic (exact) mass is 260 g/mol. The normalized spacial score (nSPS) is 10.5. The molecule has 1 heterocycles. The highest BCUT2D eigenvalue weighted by molar-refractivity contribution is 5.97. The van der Waals surface area contributed by atoms with E-state index < -0.39 is 5.97 Å². The molecule has 100 valence electrons. The third-order valence-corrected chi connectivity index (χ3v) is 3.04. The van der Waals surface area contributed by atoms with Crippen LogP contribution in [0.25, 0.3) is 11.3 Å². The minimum Gasteiger partial charge on any atom is -0.496 e. The maximum Gasteiger partial charge on any atom is 0.339 e. The van der Waals surface area contributed by atoms with E-state index in [0.717, 1.165) is 11.1 Å². The van der Waals surface area contributed by atoms with E-state index in [2.05, 4.69) is 10.2 Å². The molecule has 0 bridgehead atoms. The van der Waals surface area contributed by atoms with Crippen molar-refractivity contribution >= 4 is 5.97 Å². The summed E-state index contributed by atoms with van der Waals surface area (Å²) in [7, 11) is 1.57. The number of carboxylic acid groups (broad SMARTS) is 1. The fourth-order valence-electron chi connectivity index (χ4n) is 2.29. The molecule has 0 aliphatic heterocycles. The van der Waals surface area contributed by atoms with Gasteiger partial charge in [-0.15, -0.1) is 0 Å². The van der Waals surface area contributed by atoms with Gasteiger partial charge in [0.25, 0.3) is 0 Å². The second-order valence-corrected chi connectivity index (χ2v) is 4.54. The maximum atomic E-state index is 11.3. The summed E-state index contributed by atoms with van der Waals surface area (Å²) in [5.74, 6) is -0.345. The highest BCUT2D eigenvalue weighted by atomic mass is 16.5. The molecule has 0 saturated carbocycles. The summed E-state index contributed by atoms with van der Waals surface area (Å²) < 4.78 is 5.38. The number of rotatable bonds is 3. The Morgan fingerprint density at radius 2 is 2.00 bits per heavy atom. The smallest absolute Gasteiger partial charge is 0.339 e. The van der Waals surface area contributed by atoms with E-state index in [1.165, 1.54) is 0 Å². The van der Waals surface area contributed by atoms with Crippen LogP contribution in [-0.2, 0) is 0 Å². The first kappa shape index (κ1) is 13.1. The summed E-state index contributed by atoms with van der Waals surface area (Å²) in [5.41, 5.74) is 3.81. The largest absolute Gasteiger partial charge is 0.496 e. The van der Waals surface area contributed by atoms with E-state index in [1.807, 2.05) is 26.0 Å². The molecular formula is C14H16N2O3. The third kappa shape index (κ3) is 2.19. The number of H-pyrrole nitrogens is 1. The van der Waals surface area contributed by atoms with E-state index in [0.29, 0.717) is 22.7 Å². The lowest BCUT2D eigenvalue weighted by molar-refractivity contribution is 0.0697. The van der Waals surface area contributed by atoms with Gasteiger partial charge >= 0.3 is 5.97 Å². The number of aromatic carboxylic acids is 1. The lowest BCUT2D eigenvalue weighted by Crippen LogP contribution is -2.01. The number of aromatic nitrogens is 2. The van der Waals surface area contributed by atoms with E-state index in [9.17, 15) is 9.90 Å². The molecule has 0 aliphatic carbocycles. The van der Waals surface area contributed by atoms with Gasteiger partial charge in [-0.1, -0.05) is 6.07 Å². The van der Waals surface area contributed by atoms with Gasteiger partial charge in [-0.25, -0.2) is 4.79 Å². The molecule has 1 aromatic heterocycles. The molecule has 0 aliphatic rings. The molecule has 0 saturated heterocycles. The van der Waals surface area contributed by atoms with Crippen LogP contribution in [0.3, 0.4) is 0 Å². The van der Waals surface area contributed by atoms with E-state index >= 15 is 0 Å². The molecule has 1 aromatic carbocycles. The van der Waals surface area contributed by atoms with E-state index in [1.54, 1.807) is 14.0 Å². The van der Waals surface area contributed by atoms with Crippen LogP contribution in [0.2, 0.25) is 0 Å². The number of carbonyl (C=O) groups is 1. The Balaban J connectivity index is 2.75. The second kappa shape index (κ2) is 4.76. The minimum absolute atomic E-state index is 0.184. The highest BCUT2D eigenvalue weighted by Crippen LogP contribution is 2.35. The molecule has 2 aromatic rings. The number of benzene rings is 1. The van der Waals surface area contributed by atoms with Crippen molar-refractivity contribution in [3.05, 3.63) is 34.5 Å². The molecule has 0 fully saturated rings. The highest BCUT2D eigenvalue weighted by Gasteiger charge is 2.22. The summed E-state index contributed by atoms with van der Waals surface area (Å²) in [4.78, 5) is 11.3. The standard InChI is InChI=1S/C14H16N2O3/c1-7-5-8(2)13(19-4)10(6-7)12-11(14(17)18)9(3)15-16-12/h5-6H,1-4H3,(H,15,16)(H,17,18).